The summed E-state index contributed by atoms with van der Waals surface area (Å²) in [5, 5.41) is 10.8. The highest BCUT2D eigenvalue weighted by molar-refractivity contribution is 5.74. The molecule has 78 valence electrons. The van der Waals surface area contributed by atoms with Gasteiger partial charge in [0.1, 0.15) is 6.54 Å². The van der Waals surface area contributed by atoms with Gasteiger partial charge in [0.15, 0.2) is 0 Å². The second-order valence-electron chi connectivity index (χ2n) is 3.48. The zero-order valence-corrected chi connectivity index (χ0v) is 8.49. The summed E-state index contributed by atoms with van der Waals surface area (Å²) in [6.07, 6.45) is 0.123. The van der Waals surface area contributed by atoms with E-state index in [0.29, 0.717) is 13.1 Å². The van der Waals surface area contributed by atoms with Crippen LogP contribution in [0.25, 0.3) is 0 Å². The Balaban J connectivity index is 2.43. The van der Waals surface area contributed by atoms with Gasteiger partial charge >= 0.3 is 6.03 Å². The lowest BCUT2D eigenvalue weighted by Gasteiger charge is -2.35. The van der Waals surface area contributed by atoms with Crippen molar-refractivity contribution in [1.82, 2.24) is 10.2 Å². The first-order valence-electron chi connectivity index (χ1n) is 4.68. The molecule has 2 atom stereocenters. The van der Waals surface area contributed by atoms with Crippen molar-refractivity contribution in [2.24, 2.45) is 0 Å². The third-order valence-corrected chi connectivity index (χ3v) is 2.03. The number of carbonyl (C=O) groups excluding carboxylic acids is 1. The van der Waals surface area contributed by atoms with Crippen molar-refractivity contribution in [3.05, 3.63) is 0 Å². The van der Waals surface area contributed by atoms with Crippen molar-refractivity contribution in [3.63, 3.8) is 0 Å². The summed E-state index contributed by atoms with van der Waals surface area (Å²) in [5.41, 5.74) is 0. The van der Waals surface area contributed by atoms with Gasteiger partial charge in [-0.1, -0.05) is 0 Å². The molecule has 1 heterocycles. The van der Waals surface area contributed by atoms with Crippen molar-refractivity contribution >= 4 is 6.03 Å². The zero-order valence-electron chi connectivity index (χ0n) is 8.49. The van der Waals surface area contributed by atoms with Crippen LogP contribution in [0.1, 0.15) is 13.8 Å². The van der Waals surface area contributed by atoms with Gasteiger partial charge in [-0.15, -0.1) is 0 Å². The molecule has 0 radical (unpaired) electrons. The molecule has 1 aliphatic rings. The highest BCUT2D eigenvalue weighted by Gasteiger charge is 2.25. The number of urea groups is 1. The van der Waals surface area contributed by atoms with Crippen molar-refractivity contribution in [3.8, 4) is 6.07 Å². The largest absolute Gasteiger partial charge is 0.372 e. The molecule has 0 aromatic rings. The summed E-state index contributed by atoms with van der Waals surface area (Å²) in [5.74, 6) is 0. The summed E-state index contributed by atoms with van der Waals surface area (Å²) in [7, 11) is 0. The number of nitrogens with zero attached hydrogens (tertiary/aromatic N) is 2. The molecule has 1 N–H and O–H groups in total. The number of morpholine rings is 1. The third-order valence-electron chi connectivity index (χ3n) is 2.03. The Morgan fingerprint density at radius 2 is 2.14 bits per heavy atom. The van der Waals surface area contributed by atoms with E-state index in [1.807, 2.05) is 19.9 Å². The van der Waals surface area contributed by atoms with E-state index in [4.69, 9.17) is 10.00 Å². The van der Waals surface area contributed by atoms with Crippen LogP contribution in [0.5, 0.6) is 0 Å². The van der Waals surface area contributed by atoms with E-state index in [-0.39, 0.29) is 24.8 Å². The van der Waals surface area contributed by atoms with Gasteiger partial charge in [0.2, 0.25) is 0 Å². The second kappa shape index (κ2) is 4.82. The summed E-state index contributed by atoms with van der Waals surface area (Å²) in [4.78, 5) is 13.1. The van der Waals surface area contributed by atoms with Crippen LogP contribution in [-0.4, -0.2) is 42.8 Å². The van der Waals surface area contributed by atoms with Gasteiger partial charge in [-0.3, -0.25) is 0 Å². The molecule has 0 aromatic carbocycles. The molecule has 0 aliphatic carbocycles. The Morgan fingerprint density at radius 3 is 2.64 bits per heavy atom. The van der Waals surface area contributed by atoms with E-state index < -0.39 is 0 Å². The van der Waals surface area contributed by atoms with Crippen LogP contribution in [-0.2, 0) is 4.74 Å². The van der Waals surface area contributed by atoms with Crippen molar-refractivity contribution in [2.45, 2.75) is 26.1 Å². The molecular weight excluding hydrogens is 182 g/mol. The van der Waals surface area contributed by atoms with Gasteiger partial charge in [0.25, 0.3) is 0 Å². The fraction of sp³-hybridized carbons (Fsp3) is 0.778. The third kappa shape index (κ3) is 2.89. The first-order valence-corrected chi connectivity index (χ1v) is 4.68. The van der Waals surface area contributed by atoms with Crippen LogP contribution < -0.4 is 5.32 Å². The van der Waals surface area contributed by atoms with Crippen molar-refractivity contribution in [2.75, 3.05) is 19.6 Å². The second-order valence-corrected chi connectivity index (χ2v) is 3.48. The number of amides is 2. The molecule has 2 unspecified atom stereocenters. The average Bonchev–Trinajstić information content (AvgIpc) is 2.12. The summed E-state index contributed by atoms with van der Waals surface area (Å²) >= 11 is 0. The molecule has 5 nitrogen and oxygen atoms in total. The van der Waals surface area contributed by atoms with E-state index in [9.17, 15) is 4.79 Å². The van der Waals surface area contributed by atoms with E-state index in [0.717, 1.165) is 0 Å². The number of ether oxygens (including phenoxy) is 1. The Morgan fingerprint density at radius 1 is 1.57 bits per heavy atom. The highest BCUT2D eigenvalue weighted by atomic mass is 16.5. The fourth-order valence-corrected chi connectivity index (χ4v) is 1.57. The van der Waals surface area contributed by atoms with Crippen molar-refractivity contribution < 1.29 is 9.53 Å². The average molecular weight is 197 g/mol. The molecule has 1 rings (SSSR count). The molecular formula is C9H15N3O2. The normalized spacial score (nSPS) is 26.8. The number of rotatable bonds is 1. The van der Waals surface area contributed by atoms with Gasteiger partial charge in [0.05, 0.1) is 18.3 Å². The lowest BCUT2D eigenvalue weighted by Crippen LogP contribution is -2.51. The number of nitriles is 1. The Bertz CT molecular complexity index is 239. The van der Waals surface area contributed by atoms with Crippen LogP contribution in [0.4, 0.5) is 4.79 Å². The Hall–Kier alpha value is -1.28. The molecule has 1 fully saturated rings. The standard InChI is InChI=1S/C9H15N3O2/c1-7-5-12(6-8(2)14-7)9(13)11-4-3-10/h7-8H,4-6H2,1-2H3,(H,11,13). The maximum Gasteiger partial charge on any atom is 0.318 e. The molecule has 0 aromatic heterocycles. The number of carbonyl (C=O) groups is 1. The molecule has 0 spiro atoms. The van der Waals surface area contributed by atoms with Gasteiger partial charge in [-0.25, -0.2) is 4.79 Å². The number of hydrogen-bond acceptors (Lipinski definition) is 3. The van der Waals surface area contributed by atoms with Gasteiger partial charge in [0, 0.05) is 13.1 Å². The van der Waals surface area contributed by atoms with Crippen LogP contribution in [0.3, 0.4) is 0 Å². The van der Waals surface area contributed by atoms with Crippen LogP contribution in [0.2, 0.25) is 0 Å². The molecule has 1 saturated heterocycles. The number of nitrogens with one attached hydrogen (secondary N) is 1. The first-order chi connectivity index (χ1) is 6.63. The smallest absolute Gasteiger partial charge is 0.318 e. The molecule has 14 heavy (non-hydrogen) atoms. The van der Waals surface area contributed by atoms with Crippen LogP contribution in [0.15, 0.2) is 0 Å². The fourth-order valence-electron chi connectivity index (χ4n) is 1.57. The van der Waals surface area contributed by atoms with Crippen LogP contribution >= 0.6 is 0 Å². The first kappa shape index (κ1) is 10.8. The lowest BCUT2D eigenvalue weighted by molar-refractivity contribution is -0.0544. The SMILES string of the molecule is CC1CN(C(=O)NCC#N)CC(C)O1. The topological polar surface area (TPSA) is 65.4 Å². The maximum absolute atomic E-state index is 11.5. The maximum atomic E-state index is 11.5. The van der Waals surface area contributed by atoms with Crippen molar-refractivity contribution in [1.29, 1.82) is 5.26 Å². The molecule has 0 bridgehead atoms. The van der Waals surface area contributed by atoms with E-state index in [1.165, 1.54) is 0 Å². The van der Waals surface area contributed by atoms with Crippen LogP contribution in [0, 0.1) is 11.3 Å². The summed E-state index contributed by atoms with van der Waals surface area (Å²) in [6.45, 7) is 5.09. The molecule has 1 aliphatic heterocycles. The number of hydrogen-bond donors (Lipinski definition) is 1. The minimum Gasteiger partial charge on any atom is -0.372 e. The molecule has 0 saturated carbocycles. The summed E-state index contributed by atoms with van der Waals surface area (Å²) in [6, 6.07) is 1.68. The Labute approximate surface area is 83.6 Å². The quantitative estimate of drug-likeness (QED) is 0.616. The van der Waals surface area contributed by atoms with Gasteiger partial charge in [-0.2, -0.15) is 5.26 Å². The predicted molar refractivity (Wildman–Crippen MR) is 50.6 cm³/mol. The lowest BCUT2D eigenvalue weighted by atomic mass is 10.2. The minimum atomic E-state index is -0.187. The molecule has 5 heteroatoms. The summed E-state index contributed by atoms with van der Waals surface area (Å²) < 4.78 is 5.48. The van der Waals surface area contributed by atoms with E-state index in [1.54, 1.807) is 4.90 Å². The van der Waals surface area contributed by atoms with E-state index >= 15 is 0 Å². The van der Waals surface area contributed by atoms with E-state index in [2.05, 4.69) is 5.32 Å². The zero-order chi connectivity index (χ0) is 10.6. The minimum absolute atomic E-state index is 0.0545. The Kier molecular flexibility index (Phi) is 3.72. The van der Waals surface area contributed by atoms with Gasteiger partial charge < -0.3 is 15.0 Å². The van der Waals surface area contributed by atoms with Gasteiger partial charge in [-0.05, 0) is 13.8 Å². The predicted octanol–water partition coefficient (Wildman–Crippen LogP) is 0.329. The molecule has 2 amide bonds. The monoisotopic (exact) mass is 197 g/mol. The highest BCUT2D eigenvalue weighted by Crippen LogP contribution is 2.10.